The fraction of sp³-hybridized carbons (Fsp3) is 0.133. The van der Waals surface area contributed by atoms with Crippen LogP contribution in [0.2, 0.25) is 0 Å². The van der Waals surface area contributed by atoms with Crippen LogP contribution in [0, 0.1) is 0 Å². The van der Waals surface area contributed by atoms with Gasteiger partial charge in [0.25, 0.3) is 0 Å². The number of carbonyl (C=O) groups is 1. The first-order valence-electron chi connectivity index (χ1n) is 5.64. The van der Waals surface area contributed by atoms with E-state index in [0.29, 0.717) is 5.75 Å². The lowest BCUT2D eigenvalue weighted by Crippen LogP contribution is -2.01. The molecular weight excluding hydrogens is 244 g/mol. The van der Waals surface area contributed by atoms with Crippen molar-refractivity contribution in [3.05, 3.63) is 60.2 Å². The molecule has 0 fully saturated rings. The molecule has 0 aliphatic rings. The Kier molecular flexibility index (Phi) is 4.05. The van der Waals surface area contributed by atoms with Gasteiger partial charge >= 0.3 is 5.97 Å². The maximum absolute atomic E-state index is 10.6. The van der Waals surface area contributed by atoms with Crippen molar-refractivity contribution in [2.75, 3.05) is 5.75 Å². The summed E-state index contributed by atoms with van der Waals surface area (Å²) in [7, 11) is 0. The minimum atomic E-state index is -0.916. The molecule has 0 radical (unpaired) electrons. The van der Waals surface area contributed by atoms with E-state index in [9.17, 15) is 4.79 Å². The molecule has 2 rings (SSSR count). The molecule has 0 amide bonds. The van der Waals surface area contributed by atoms with Crippen LogP contribution in [-0.2, 0) is 10.5 Å². The lowest BCUT2D eigenvalue weighted by atomic mass is 10.1. The fourth-order valence-electron chi connectivity index (χ4n) is 1.76. The number of hydrogen-bond acceptors (Lipinski definition) is 2. The molecule has 0 atom stereocenters. The Morgan fingerprint density at radius 2 is 1.89 bits per heavy atom. The molecule has 0 aliphatic carbocycles. The smallest absolute Gasteiger partial charge is 0.331 e. The van der Waals surface area contributed by atoms with Gasteiger partial charge in [-0.2, -0.15) is 11.8 Å². The minimum absolute atomic E-state index is 0.250. The van der Waals surface area contributed by atoms with Crippen LogP contribution in [0.5, 0.6) is 0 Å². The third-order valence-electron chi connectivity index (χ3n) is 2.72. The van der Waals surface area contributed by atoms with Gasteiger partial charge in [-0.1, -0.05) is 49.0 Å². The van der Waals surface area contributed by atoms with Crippen LogP contribution in [-0.4, -0.2) is 16.8 Å². The number of fused-ring (bicyclic) bond motifs is 1. The summed E-state index contributed by atoms with van der Waals surface area (Å²) in [4.78, 5) is 10.6. The normalized spacial score (nSPS) is 10.4. The predicted molar refractivity (Wildman–Crippen MR) is 76.9 cm³/mol. The van der Waals surface area contributed by atoms with Crippen molar-refractivity contribution in [2.45, 2.75) is 5.75 Å². The topological polar surface area (TPSA) is 37.3 Å². The molecule has 0 spiro atoms. The maximum Gasteiger partial charge on any atom is 0.331 e. The van der Waals surface area contributed by atoms with Gasteiger partial charge in [-0.05, 0) is 16.3 Å². The fourth-order valence-corrected chi connectivity index (χ4v) is 2.71. The Morgan fingerprint density at radius 3 is 2.67 bits per heavy atom. The monoisotopic (exact) mass is 258 g/mol. The molecule has 0 unspecified atom stereocenters. The zero-order valence-corrected chi connectivity index (χ0v) is 10.7. The van der Waals surface area contributed by atoms with Gasteiger partial charge in [-0.25, -0.2) is 4.79 Å². The molecular formula is C15H14O2S. The van der Waals surface area contributed by atoms with Gasteiger partial charge in [0.1, 0.15) is 0 Å². The van der Waals surface area contributed by atoms with Gasteiger partial charge in [-0.15, -0.1) is 0 Å². The van der Waals surface area contributed by atoms with Crippen LogP contribution in [0.15, 0.2) is 54.6 Å². The SMILES string of the molecule is C=C(CSCc1cccc2ccccc12)C(=O)O. The summed E-state index contributed by atoms with van der Waals surface area (Å²) in [6.07, 6.45) is 0. The highest BCUT2D eigenvalue weighted by atomic mass is 32.2. The Bertz CT molecular complexity index is 585. The van der Waals surface area contributed by atoms with Gasteiger partial charge in [0, 0.05) is 17.1 Å². The third kappa shape index (κ3) is 2.93. The lowest BCUT2D eigenvalue weighted by Gasteiger charge is -2.06. The quantitative estimate of drug-likeness (QED) is 0.831. The summed E-state index contributed by atoms with van der Waals surface area (Å²) in [5, 5.41) is 11.2. The number of benzene rings is 2. The Hall–Kier alpha value is -1.74. The summed E-state index contributed by atoms with van der Waals surface area (Å²) in [5.74, 6) is 0.340. The van der Waals surface area contributed by atoms with Crippen LogP contribution in [0.4, 0.5) is 0 Å². The van der Waals surface area contributed by atoms with Crippen LogP contribution < -0.4 is 0 Å². The van der Waals surface area contributed by atoms with E-state index in [1.807, 2.05) is 18.2 Å². The van der Waals surface area contributed by atoms with Crippen molar-refractivity contribution < 1.29 is 9.90 Å². The predicted octanol–water partition coefficient (Wildman–Crippen LogP) is 3.71. The second-order valence-corrected chi connectivity index (χ2v) is 5.03. The van der Waals surface area contributed by atoms with Crippen LogP contribution in [0.25, 0.3) is 10.8 Å². The number of hydrogen-bond donors (Lipinski definition) is 1. The second-order valence-electron chi connectivity index (χ2n) is 4.04. The molecule has 2 aromatic rings. The Balaban J connectivity index is 2.08. The van der Waals surface area contributed by atoms with E-state index >= 15 is 0 Å². The summed E-state index contributed by atoms with van der Waals surface area (Å²) in [6.45, 7) is 3.53. The first-order chi connectivity index (χ1) is 8.68. The molecule has 0 aromatic heterocycles. The van der Waals surface area contributed by atoms with Crippen molar-refractivity contribution in [2.24, 2.45) is 0 Å². The first kappa shape index (κ1) is 12.7. The Labute approximate surface area is 110 Å². The molecule has 0 saturated carbocycles. The summed E-state index contributed by atoms with van der Waals surface area (Å²) >= 11 is 1.58. The molecule has 2 nitrogen and oxygen atoms in total. The second kappa shape index (κ2) is 5.74. The van der Waals surface area contributed by atoms with Crippen molar-refractivity contribution in [3.63, 3.8) is 0 Å². The molecule has 0 bridgehead atoms. The largest absolute Gasteiger partial charge is 0.478 e. The average Bonchev–Trinajstić information content (AvgIpc) is 2.38. The number of rotatable bonds is 5. The van der Waals surface area contributed by atoms with Gasteiger partial charge in [0.2, 0.25) is 0 Å². The summed E-state index contributed by atoms with van der Waals surface area (Å²) in [5.41, 5.74) is 1.48. The average molecular weight is 258 g/mol. The molecule has 0 aliphatic heterocycles. The van der Waals surface area contributed by atoms with E-state index in [2.05, 4.69) is 30.8 Å². The molecule has 1 N–H and O–H groups in total. The molecule has 0 heterocycles. The van der Waals surface area contributed by atoms with Crippen LogP contribution >= 0.6 is 11.8 Å². The number of thioether (sulfide) groups is 1. The molecule has 3 heteroatoms. The van der Waals surface area contributed by atoms with E-state index in [1.165, 1.54) is 16.3 Å². The Morgan fingerprint density at radius 1 is 1.17 bits per heavy atom. The van der Waals surface area contributed by atoms with E-state index in [1.54, 1.807) is 11.8 Å². The lowest BCUT2D eigenvalue weighted by molar-refractivity contribution is -0.132. The number of aliphatic carboxylic acids is 1. The molecule has 2 aromatic carbocycles. The van der Waals surface area contributed by atoms with Crippen molar-refractivity contribution in [1.29, 1.82) is 0 Å². The molecule has 18 heavy (non-hydrogen) atoms. The number of carboxylic acid groups (broad SMARTS) is 1. The van der Waals surface area contributed by atoms with Crippen LogP contribution in [0.1, 0.15) is 5.56 Å². The molecule has 92 valence electrons. The van der Waals surface area contributed by atoms with Crippen molar-refractivity contribution in [3.8, 4) is 0 Å². The van der Waals surface area contributed by atoms with Gasteiger partial charge in [0.05, 0.1) is 0 Å². The van der Waals surface area contributed by atoms with Crippen molar-refractivity contribution in [1.82, 2.24) is 0 Å². The van der Waals surface area contributed by atoms with E-state index < -0.39 is 5.97 Å². The van der Waals surface area contributed by atoms with Crippen molar-refractivity contribution >= 4 is 28.5 Å². The maximum atomic E-state index is 10.6. The highest BCUT2D eigenvalue weighted by Crippen LogP contribution is 2.23. The summed E-state index contributed by atoms with van der Waals surface area (Å²) < 4.78 is 0. The number of carboxylic acids is 1. The van der Waals surface area contributed by atoms with Crippen LogP contribution in [0.3, 0.4) is 0 Å². The standard InChI is InChI=1S/C15H14O2S/c1-11(15(16)17)9-18-10-13-7-4-6-12-5-2-3-8-14(12)13/h2-8H,1,9-10H2,(H,16,17). The highest BCUT2D eigenvalue weighted by Gasteiger charge is 2.05. The van der Waals surface area contributed by atoms with Gasteiger partial charge in [-0.3, -0.25) is 0 Å². The van der Waals surface area contributed by atoms with Gasteiger partial charge in [0.15, 0.2) is 0 Å². The first-order valence-corrected chi connectivity index (χ1v) is 6.79. The molecule has 0 saturated heterocycles. The zero-order valence-electron chi connectivity index (χ0n) is 9.93. The van der Waals surface area contributed by atoms with E-state index in [-0.39, 0.29) is 5.57 Å². The van der Waals surface area contributed by atoms with E-state index in [0.717, 1.165) is 5.75 Å². The highest BCUT2D eigenvalue weighted by molar-refractivity contribution is 7.98. The minimum Gasteiger partial charge on any atom is -0.478 e. The van der Waals surface area contributed by atoms with Gasteiger partial charge < -0.3 is 5.11 Å². The van der Waals surface area contributed by atoms with E-state index in [4.69, 9.17) is 5.11 Å². The third-order valence-corrected chi connectivity index (χ3v) is 3.78. The summed E-state index contributed by atoms with van der Waals surface area (Å²) in [6, 6.07) is 14.4. The zero-order chi connectivity index (χ0) is 13.0.